The summed E-state index contributed by atoms with van der Waals surface area (Å²) in [5.74, 6) is 1.22. The topological polar surface area (TPSA) is 23.2 Å². The standard InChI is InChI=1S/C15H23NO/c1-3-12(2)5-4-6-14-11-16(14)13-7-9-15(17)10-8-13/h7-10,12,14,17H,3-6,11H2,1-2H3. The normalized spacial score (nSPS) is 20.4. The molecule has 0 saturated carbocycles. The molecule has 0 bridgehead atoms. The van der Waals surface area contributed by atoms with E-state index in [1.807, 2.05) is 12.1 Å². The molecule has 1 aromatic carbocycles. The van der Waals surface area contributed by atoms with Crippen LogP contribution in [0.15, 0.2) is 24.3 Å². The van der Waals surface area contributed by atoms with Crippen molar-refractivity contribution in [2.45, 2.75) is 45.6 Å². The van der Waals surface area contributed by atoms with Crippen LogP contribution >= 0.6 is 0 Å². The monoisotopic (exact) mass is 233 g/mol. The summed E-state index contributed by atoms with van der Waals surface area (Å²) in [7, 11) is 0. The smallest absolute Gasteiger partial charge is 0.115 e. The Hall–Kier alpha value is -1.18. The highest BCUT2D eigenvalue weighted by atomic mass is 16.3. The summed E-state index contributed by atoms with van der Waals surface area (Å²) < 4.78 is 0. The van der Waals surface area contributed by atoms with Crippen molar-refractivity contribution in [2.24, 2.45) is 5.92 Å². The van der Waals surface area contributed by atoms with E-state index in [1.54, 1.807) is 12.1 Å². The first-order chi connectivity index (χ1) is 8.20. The van der Waals surface area contributed by atoms with Crippen LogP contribution in [0.4, 0.5) is 5.69 Å². The zero-order valence-electron chi connectivity index (χ0n) is 10.9. The lowest BCUT2D eigenvalue weighted by molar-refractivity contribution is 0.475. The van der Waals surface area contributed by atoms with Gasteiger partial charge in [-0.25, -0.2) is 0 Å². The molecule has 17 heavy (non-hydrogen) atoms. The molecular weight excluding hydrogens is 210 g/mol. The first-order valence-corrected chi connectivity index (χ1v) is 6.76. The molecule has 2 rings (SSSR count). The molecule has 1 saturated heterocycles. The van der Waals surface area contributed by atoms with Crippen molar-refractivity contribution >= 4 is 5.69 Å². The van der Waals surface area contributed by atoms with Gasteiger partial charge in [0, 0.05) is 18.3 Å². The average Bonchev–Trinajstić information content (AvgIpc) is 3.09. The van der Waals surface area contributed by atoms with Crippen LogP contribution in [0.5, 0.6) is 5.75 Å². The fourth-order valence-electron chi connectivity index (χ4n) is 2.29. The molecule has 0 aliphatic carbocycles. The van der Waals surface area contributed by atoms with Gasteiger partial charge in [0.2, 0.25) is 0 Å². The molecule has 0 amide bonds. The first-order valence-electron chi connectivity index (χ1n) is 6.76. The van der Waals surface area contributed by atoms with Crippen molar-refractivity contribution in [3.63, 3.8) is 0 Å². The maximum absolute atomic E-state index is 9.24. The van der Waals surface area contributed by atoms with Gasteiger partial charge < -0.3 is 10.0 Å². The van der Waals surface area contributed by atoms with E-state index in [9.17, 15) is 5.11 Å². The number of phenols is 1. The zero-order chi connectivity index (χ0) is 12.3. The summed E-state index contributed by atoms with van der Waals surface area (Å²) >= 11 is 0. The van der Waals surface area contributed by atoms with Gasteiger partial charge in [0.1, 0.15) is 5.75 Å². The zero-order valence-corrected chi connectivity index (χ0v) is 10.9. The van der Waals surface area contributed by atoms with E-state index in [0.717, 1.165) is 12.0 Å². The minimum absolute atomic E-state index is 0.351. The minimum Gasteiger partial charge on any atom is -0.508 e. The fourth-order valence-corrected chi connectivity index (χ4v) is 2.29. The van der Waals surface area contributed by atoms with Crippen LogP contribution in [0.2, 0.25) is 0 Å². The summed E-state index contributed by atoms with van der Waals surface area (Å²) in [6.45, 7) is 5.79. The fraction of sp³-hybridized carbons (Fsp3) is 0.600. The van der Waals surface area contributed by atoms with Gasteiger partial charge in [0.05, 0.1) is 0 Å². The van der Waals surface area contributed by atoms with Crippen LogP contribution in [0, 0.1) is 5.92 Å². The molecule has 0 radical (unpaired) electrons. The van der Waals surface area contributed by atoms with Crippen molar-refractivity contribution < 1.29 is 5.11 Å². The predicted octanol–water partition coefficient (Wildman–Crippen LogP) is 3.80. The van der Waals surface area contributed by atoms with Crippen LogP contribution in [0.3, 0.4) is 0 Å². The van der Waals surface area contributed by atoms with Crippen LogP contribution in [-0.2, 0) is 0 Å². The molecule has 0 spiro atoms. The van der Waals surface area contributed by atoms with Gasteiger partial charge in [0.15, 0.2) is 0 Å². The Morgan fingerprint density at radius 2 is 2.06 bits per heavy atom. The van der Waals surface area contributed by atoms with Gasteiger partial charge >= 0.3 is 0 Å². The number of rotatable bonds is 6. The third-order valence-electron chi connectivity index (χ3n) is 3.83. The SMILES string of the molecule is CCC(C)CCCC1CN1c1ccc(O)cc1. The Balaban J connectivity index is 1.72. The molecule has 2 heteroatoms. The molecule has 2 unspecified atom stereocenters. The lowest BCUT2D eigenvalue weighted by Gasteiger charge is -2.08. The number of nitrogens with zero attached hydrogens (tertiary/aromatic N) is 1. The Labute approximate surface area is 104 Å². The molecule has 94 valence electrons. The van der Waals surface area contributed by atoms with Gasteiger partial charge in [-0.1, -0.05) is 33.1 Å². The van der Waals surface area contributed by atoms with E-state index in [1.165, 1.54) is 37.9 Å². The van der Waals surface area contributed by atoms with Crippen molar-refractivity contribution in [3.8, 4) is 5.75 Å². The number of phenolic OH excluding ortho intramolecular Hbond substituents is 1. The summed E-state index contributed by atoms with van der Waals surface area (Å²) in [5, 5.41) is 9.24. The maximum atomic E-state index is 9.24. The van der Waals surface area contributed by atoms with Crippen molar-refractivity contribution in [2.75, 3.05) is 11.4 Å². The van der Waals surface area contributed by atoms with Gasteiger partial charge in [-0.2, -0.15) is 0 Å². The van der Waals surface area contributed by atoms with Crippen LogP contribution < -0.4 is 4.90 Å². The lowest BCUT2D eigenvalue weighted by Crippen LogP contribution is -2.00. The number of benzene rings is 1. The molecule has 1 aliphatic rings. The Morgan fingerprint density at radius 1 is 1.35 bits per heavy atom. The molecule has 0 aromatic heterocycles. The third kappa shape index (κ3) is 3.39. The highest BCUT2D eigenvalue weighted by Gasteiger charge is 2.33. The average molecular weight is 233 g/mol. The van der Waals surface area contributed by atoms with Crippen LogP contribution in [0.25, 0.3) is 0 Å². The molecule has 1 aliphatic heterocycles. The number of aromatic hydroxyl groups is 1. The Kier molecular flexibility index (Phi) is 3.93. The molecular formula is C15H23NO. The highest BCUT2D eigenvalue weighted by molar-refractivity contribution is 5.55. The van der Waals surface area contributed by atoms with E-state index in [4.69, 9.17) is 0 Å². The lowest BCUT2D eigenvalue weighted by atomic mass is 10.0. The molecule has 1 heterocycles. The molecule has 1 aromatic rings. The minimum atomic E-state index is 0.351. The summed E-state index contributed by atoms with van der Waals surface area (Å²) in [4.78, 5) is 2.41. The second-order valence-electron chi connectivity index (χ2n) is 5.27. The maximum Gasteiger partial charge on any atom is 0.115 e. The first kappa shape index (κ1) is 12.3. The molecule has 2 atom stereocenters. The molecule has 1 N–H and O–H groups in total. The summed E-state index contributed by atoms with van der Waals surface area (Å²) in [5.41, 5.74) is 1.25. The van der Waals surface area contributed by atoms with Gasteiger partial charge in [-0.05, 0) is 36.6 Å². The van der Waals surface area contributed by atoms with Crippen LogP contribution in [0.1, 0.15) is 39.5 Å². The largest absolute Gasteiger partial charge is 0.508 e. The van der Waals surface area contributed by atoms with E-state index in [2.05, 4.69) is 18.7 Å². The summed E-state index contributed by atoms with van der Waals surface area (Å²) in [6, 6.07) is 8.28. The number of hydrogen-bond acceptors (Lipinski definition) is 2. The van der Waals surface area contributed by atoms with Crippen LogP contribution in [-0.4, -0.2) is 17.7 Å². The van der Waals surface area contributed by atoms with Gasteiger partial charge in [-0.15, -0.1) is 0 Å². The quantitative estimate of drug-likeness (QED) is 0.755. The predicted molar refractivity (Wildman–Crippen MR) is 72.5 cm³/mol. The van der Waals surface area contributed by atoms with Gasteiger partial charge in [-0.3, -0.25) is 0 Å². The van der Waals surface area contributed by atoms with Crippen molar-refractivity contribution in [3.05, 3.63) is 24.3 Å². The molecule has 1 fully saturated rings. The van der Waals surface area contributed by atoms with E-state index in [0.29, 0.717) is 5.75 Å². The Morgan fingerprint density at radius 3 is 2.71 bits per heavy atom. The summed E-state index contributed by atoms with van der Waals surface area (Å²) in [6.07, 6.45) is 5.31. The van der Waals surface area contributed by atoms with Gasteiger partial charge in [0.25, 0.3) is 0 Å². The van der Waals surface area contributed by atoms with E-state index >= 15 is 0 Å². The second kappa shape index (κ2) is 5.44. The van der Waals surface area contributed by atoms with E-state index in [-0.39, 0.29) is 0 Å². The van der Waals surface area contributed by atoms with Crippen molar-refractivity contribution in [1.82, 2.24) is 0 Å². The number of hydrogen-bond donors (Lipinski definition) is 1. The third-order valence-corrected chi connectivity index (χ3v) is 3.83. The second-order valence-corrected chi connectivity index (χ2v) is 5.27. The Bertz CT molecular complexity index is 346. The van der Waals surface area contributed by atoms with Crippen molar-refractivity contribution in [1.29, 1.82) is 0 Å². The number of anilines is 1. The molecule has 2 nitrogen and oxygen atoms in total. The van der Waals surface area contributed by atoms with E-state index < -0.39 is 0 Å². The highest BCUT2D eigenvalue weighted by Crippen LogP contribution is 2.32.